The van der Waals surface area contributed by atoms with Crippen molar-refractivity contribution in [2.75, 3.05) is 6.54 Å². The second-order valence-electron chi connectivity index (χ2n) is 5.28. The molecule has 0 aliphatic heterocycles. The highest BCUT2D eigenvalue weighted by atomic mass is 19.1. The highest BCUT2D eigenvalue weighted by Crippen LogP contribution is 2.21. The summed E-state index contributed by atoms with van der Waals surface area (Å²) in [6.07, 6.45) is 5.26. The molecule has 1 aromatic carbocycles. The molecule has 100 valence electrons. The second kappa shape index (κ2) is 6.28. The Morgan fingerprint density at radius 3 is 2.78 bits per heavy atom. The molecule has 0 bridgehead atoms. The van der Waals surface area contributed by atoms with E-state index in [1.165, 1.54) is 31.0 Å². The lowest BCUT2D eigenvalue weighted by molar-refractivity contribution is 0.428. The zero-order chi connectivity index (χ0) is 13.0. The highest BCUT2D eigenvalue weighted by Gasteiger charge is 2.22. The Kier molecular flexibility index (Phi) is 4.70. The summed E-state index contributed by atoms with van der Waals surface area (Å²) in [6.45, 7) is 3.04. The molecule has 0 amide bonds. The van der Waals surface area contributed by atoms with E-state index in [0.717, 1.165) is 19.4 Å². The topological polar surface area (TPSA) is 12.0 Å². The normalized spacial score (nSPS) is 16.8. The molecule has 1 nitrogen and oxygen atoms in total. The van der Waals surface area contributed by atoms with Crippen molar-refractivity contribution in [1.29, 1.82) is 0 Å². The average Bonchev–Trinajstić information content (AvgIpc) is 3.15. The third-order valence-electron chi connectivity index (χ3n) is 3.49. The Labute approximate surface area is 108 Å². The van der Waals surface area contributed by atoms with Gasteiger partial charge in [-0.15, -0.1) is 0 Å². The first-order valence-electron chi connectivity index (χ1n) is 6.86. The minimum atomic E-state index is -0.350. The first-order chi connectivity index (χ1) is 8.69. The van der Waals surface area contributed by atoms with Crippen LogP contribution < -0.4 is 5.32 Å². The van der Waals surface area contributed by atoms with Crippen LogP contribution in [0.15, 0.2) is 18.2 Å². The third kappa shape index (κ3) is 4.05. The Morgan fingerprint density at radius 1 is 1.33 bits per heavy atom. The maximum absolute atomic E-state index is 13.6. The Bertz CT molecular complexity index is 388. The zero-order valence-corrected chi connectivity index (χ0v) is 10.9. The molecule has 1 N–H and O–H groups in total. The molecule has 1 unspecified atom stereocenters. The summed E-state index contributed by atoms with van der Waals surface area (Å²) in [5, 5.41) is 3.48. The number of nitrogens with one attached hydrogen (secondary N) is 1. The molecule has 1 aliphatic carbocycles. The van der Waals surface area contributed by atoms with E-state index in [0.29, 0.717) is 23.9 Å². The standard InChI is InChI=1S/C15H21F2N/c1-2-3-11(10-18-14-5-6-14)8-12-9-13(16)4-7-15(12)17/h4,7,9,11,14,18H,2-3,5-6,8,10H2,1H3. The molecule has 0 heterocycles. The van der Waals surface area contributed by atoms with Gasteiger partial charge in [0.15, 0.2) is 0 Å². The van der Waals surface area contributed by atoms with Gasteiger partial charge < -0.3 is 5.32 Å². The van der Waals surface area contributed by atoms with Gasteiger partial charge in [0.2, 0.25) is 0 Å². The fourth-order valence-corrected chi connectivity index (χ4v) is 2.32. The number of hydrogen-bond donors (Lipinski definition) is 1. The van der Waals surface area contributed by atoms with Crippen molar-refractivity contribution in [3.8, 4) is 0 Å². The first-order valence-corrected chi connectivity index (χ1v) is 6.86. The molecular formula is C15H21F2N. The Balaban J connectivity index is 1.94. The first kappa shape index (κ1) is 13.5. The van der Waals surface area contributed by atoms with Crippen LogP contribution in [0.1, 0.15) is 38.2 Å². The van der Waals surface area contributed by atoms with Gasteiger partial charge in [0.25, 0.3) is 0 Å². The van der Waals surface area contributed by atoms with Crippen molar-refractivity contribution < 1.29 is 8.78 Å². The van der Waals surface area contributed by atoms with Crippen molar-refractivity contribution in [3.05, 3.63) is 35.4 Å². The Hall–Kier alpha value is -0.960. The number of benzene rings is 1. The summed E-state index contributed by atoms with van der Waals surface area (Å²) < 4.78 is 26.7. The van der Waals surface area contributed by atoms with Crippen LogP contribution in [0.25, 0.3) is 0 Å². The van der Waals surface area contributed by atoms with Crippen LogP contribution in [0.2, 0.25) is 0 Å². The average molecular weight is 253 g/mol. The van der Waals surface area contributed by atoms with Gasteiger partial charge in [-0.05, 0) is 61.9 Å². The van der Waals surface area contributed by atoms with Gasteiger partial charge in [0.1, 0.15) is 11.6 Å². The van der Waals surface area contributed by atoms with Gasteiger partial charge >= 0.3 is 0 Å². The largest absolute Gasteiger partial charge is 0.314 e. The van der Waals surface area contributed by atoms with Crippen LogP contribution in [0, 0.1) is 17.6 Å². The zero-order valence-electron chi connectivity index (χ0n) is 10.9. The van der Waals surface area contributed by atoms with Crippen molar-refractivity contribution in [3.63, 3.8) is 0 Å². The van der Waals surface area contributed by atoms with Crippen molar-refractivity contribution in [2.24, 2.45) is 5.92 Å². The molecule has 0 aromatic heterocycles. The second-order valence-corrected chi connectivity index (χ2v) is 5.28. The lowest BCUT2D eigenvalue weighted by Gasteiger charge is -2.17. The van der Waals surface area contributed by atoms with Crippen molar-refractivity contribution in [1.82, 2.24) is 5.32 Å². The predicted octanol–water partition coefficient (Wildman–Crippen LogP) is 3.68. The smallest absolute Gasteiger partial charge is 0.126 e. The third-order valence-corrected chi connectivity index (χ3v) is 3.49. The molecule has 0 spiro atoms. The molecule has 1 saturated carbocycles. The van der Waals surface area contributed by atoms with E-state index in [4.69, 9.17) is 0 Å². The fraction of sp³-hybridized carbons (Fsp3) is 0.600. The molecule has 18 heavy (non-hydrogen) atoms. The van der Waals surface area contributed by atoms with E-state index in [1.54, 1.807) is 0 Å². The van der Waals surface area contributed by atoms with E-state index in [9.17, 15) is 8.78 Å². The van der Waals surface area contributed by atoms with Gasteiger partial charge in [-0.3, -0.25) is 0 Å². The number of halogens is 2. The van der Waals surface area contributed by atoms with E-state index in [2.05, 4.69) is 12.2 Å². The summed E-state index contributed by atoms with van der Waals surface area (Å²) in [6, 6.07) is 4.40. The molecule has 3 heteroatoms. The molecule has 1 aliphatic rings. The lowest BCUT2D eigenvalue weighted by Crippen LogP contribution is -2.26. The highest BCUT2D eigenvalue weighted by molar-refractivity contribution is 5.19. The van der Waals surface area contributed by atoms with Crippen LogP contribution in [-0.4, -0.2) is 12.6 Å². The minimum absolute atomic E-state index is 0.288. The SMILES string of the molecule is CCCC(CNC1CC1)Cc1cc(F)ccc1F. The Morgan fingerprint density at radius 2 is 2.11 bits per heavy atom. The maximum Gasteiger partial charge on any atom is 0.126 e. The van der Waals surface area contributed by atoms with Gasteiger partial charge in [-0.25, -0.2) is 8.78 Å². The van der Waals surface area contributed by atoms with Crippen LogP contribution in [0.5, 0.6) is 0 Å². The van der Waals surface area contributed by atoms with Gasteiger partial charge in [-0.1, -0.05) is 13.3 Å². The van der Waals surface area contributed by atoms with E-state index in [1.807, 2.05) is 0 Å². The lowest BCUT2D eigenvalue weighted by atomic mass is 9.94. The van der Waals surface area contributed by atoms with E-state index in [-0.39, 0.29) is 11.6 Å². The summed E-state index contributed by atoms with van der Waals surface area (Å²) in [7, 11) is 0. The van der Waals surface area contributed by atoms with Crippen LogP contribution >= 0.6 is 0 Å². The molecule has 2 rings (SSSR count). The van der Waals surface area contributed by atoms with Crippen molar-refractivity contribution >= 4 is 0 Å². The molecular weight excluding hydrogens is 232 g/mol. The van der Waals surface area contributed by atoms with E-state index < -0.39 is 0 Å². The minimum Gasteiger partial charge on any atom is -0.314 e. The molecule has 0 saturated heterocycles. The molecule has 1 aromatic rings. The fourth-order valence-electron chi connectivity index (χ4n) is 2.32. The summed E-state index contributed by atoms with van der Waals surface area (Å²) in [5.74, 6) is -0.243. The summed E-state index contributed by atoms with van der Waals surface area (Å²) in [5.41, 5.74) is 0.506. The van der Waals surface area contributed by atoms with Crippen LogP contribution in [0.4, 0.5) is 8.78 Å². The van der Waals surface area contributed by atoms with Gasteiger partial charge in [0.05, 0.1) is 0 Å². The van der Waals surface area contributed by atoms with Crippen LogP contribution in [-0.2, 0) is 6.42 Å². The predicted molar refractivity (Wildman–Crippen MR) is 69.5 cm³/mol. The van der Waals surface area contributed by atoms with Crippen molar-refractivity contribution in [2.45, 2.75) is 45.1 Å². The number of hydrogen-bond acceptors (Lipinski definition) is 1. The number of rotatable bonds is 7. The summed E-state index contributed by atoms with van der Waals surface area (Å²) >= 11 is 0. The van der Waals surface area contributed by atoms with E-state index >= 15 is 0 Å². The quantitative estimate of drug-likeness (QED) is 0.781. The molecule has 1 atom stereocenters. The molecule has 1 fully saturated rings. The summed E-state index contributed by atoms with van der Waals surface area (Å²) in [4.78, 5) is 0. The van der Waals surface area contributed by atoms with Gasteiger partial charge in [0, 0.05) is 6.04 Å². The van der Waals surface area contributed by atoms with Crippen LogP contribution in [0.3, 0.4) is 0 Å². The van der Waals surface area contributed by atoms with Gasteiger partial charge in [-0.2, -0.15) is 0 Å². The monoisotopic (exact) mass is 253 g/mol. The molecule has 0 radical (unpaired) electrons. The maximum atomic E-state index is 13.6.